The molecule has 1 amide bonds. The lowest BCUT2D eigenvalue weighted by Gasteiger charge is -2.37. The van der Waals surface area contributed by atoms with Gasteiger partial charge in [-0.3, -0.25) is 18.9 Å². The van der Waals surface area contributed by atoms with Gasteiger partial charge in [0.1, 0.15) is 21.6 Å². The van der Waals surface area contributed by atoms with E-state index in [0.717, 1.165) is 0 Å². The van der Waals surface area contributed by atoms with Crippen LogP contribution < -0.4 is 15.4 Å². The molecule has 0 radical (unpaired) electrons. The van der Waals surface area contributed by atoms with Crippen molar-refractivity contribution < 1.29 is 13.9 Å². The van der Waals surface area contributed by atoms with E-state index < -0.39 is 0 Å². The van der Waals surface area contributed by atoms with Crippen LogP contribution in [0.2, 0.25) is 0 Å². The molecule has 2 aromatic heterocycles. The van der Waals surface area contributed by atoms with Crippen LogP contribution in [0.4, 0.5) is 15.9 Å². The van der Waals surface area contributed by atoms with Gasteiger partial charge in [0.05, 0.1) is 16.2 Å². The smallest absolute Gasteiger partial charge is 0.267 e. The maximum atomic E-state index is 14.3. The SMILES string of the molecule is COCCCN1C(=O)/C(=C/c2c(N3CCN(c4ccccc4F)CC3)nc3ccccn3c2=O)SC1=S. The Morgan fingerprint density at radius 2 is 1.81 bits per heavy atom. The Labute approximate surface area is 223 Å². The molecule has 11 heteroatoms. The van der Waals surface area contributed by atoms with Crippen molar-refractivity contribution in [3.8, 4) is 0 Å². The number of halogens is 1. The van der Waals surface area contributed by atoms with E-state index in [9.17, 15) is 14.0 Å². The summed E-state index contributed by atoms with van der Waals surface area (Å²) in [7, 11) is 1.61. The maximum absolute atomic E-state index is 14.3. The Morgan fingerprint density at radius 3 is 2.57 bits per heavy atom. The summed E-state index contributed by atoms with van der Waals surface area (Å²) in [5.74, 6) is 0.0271. The van der Waals surface area contributed by atoms with Crippen molar-refractivity contribution in [1.29, 1.82) is 0 Å². The predicted molar refractivity (Wildman–Crippen MR) is 149 cm³/mol. The first-order valence-corrected chi connectivity index (χ1v) is 13.2. The first-order valence-electron chi connectivity index (χ1n) is 12.0. The van der Waals surface area contributed by atoms with Gasteiger partial charge in [-0.05, 0) is 36.8 Å². The molecule has 0 unspecified atom stereocenters. The molecular weight excluding hydrogens is 513 g/mol. The van der Waals surface area contributed by atoms with Crippen LogP contribution in [0.1, 0.15) is 12.0 Å². The molecule has 2 aliphatic heterocycles. The number of amides is 1. The van der Waals surface area contributed by atoms with Crippen molar-refractivity contribution in [2.24, 2.45) is 0 Å². The van der Waals surface area contributed by atoms with E-state index in [-0.39, 0.29) is 17.3 Å². The number of benzene rings is 1. The van der Waals surface area contributed by atoms with Gasteiger partial charge in [-0.2, -0.15) is 0 Å². The number of aromatic nitrogens is 2. The Balaban J connectivity index is 1.48. The fraction of sp³-hybridized carbons (Fsp3) is 0.308. The number of fused-ring (bicyclic) bond motifs is 1. The molecule has 0 N–H and O–H groups in total. The summed E-state index contributed by atoms with van der Waals surface area (Å²) in [4.78, 5) is 37.5. The zero-order chi connectivity index (χ0) is 25.9. The molecule has 8 nitrogen and oxygen atoms in total. The van der Waals surface area contributed by atoms with Crippen molar-refractivity contribution in [3.05, 3.63) is 75.3 Å². The molecule has 1 aromatic carbocycles. The third-order valence-corrected chi connectivity index (χ3v) is 7.78. The lowest BCUT2D eigenvalue weighted by Crippen LogP contribution is -2.47. The molecule has 37 heavy (non-hydrogen) atoms. The number of thioether (sulfide) groups is 1. The minimum atomic E-state index is -0.262. The fourth-order valence-electron chi connectivity index (χ4n) is 4.52. The van der Waals surface area contributed by atoms with Gasteiger partial charge in [0, 0.05) is 52.6 Å². The van der Waals surface area contributed by atoms with E-state index in [1.807, 2.05) is 21.9 Å². The summed E-state index contributed by atoms with van der Waals surface area (Å²) < 4.78 is 21.4. The molecule has 0 aliphatic carbocycles. The van der Waals surface area contributed by atoms with Crippen LogP contribution in [0.5, 0.6) is 0 Å². The second kappa shape index (κ2) is 11.0. The van der Waals surface area contributed by atoms with Crippen LogP contribution in [0.25, 0.3) is 11.7 Å². The van der Waals surface area contributed by atoms with Crippen molar-refractivity contribution in [3.63, 3.8) is 0 Å². The molecule has 5 rings (SSSR count). The average Bonchev–Trinajstić information content (AvgIpc) is 3.18. The van der Waals surface area contributed by atoms with Gasteiger partial charge in [-0.1, -0.05) is 42.2 Å². The van der Waals surface area contributed by atoms with Gasteiger partial charge in [-0.15, -0.1) is 0 Å². The molecule has 3 aromatic rings. The van der Waals surface area contributed by atoms with Crippen LogP contribution in [0.3, 0.4) is 0 Å². The third-order valence-electron chi connectivity index (χ3n) is 6.40. The number of pyridine rings is 1. The number of carbonyl (C=O) groups is 1. The molecule has 0 saturated carbocycles. The first kappa shape index (κ1) is 25.4. The molecule has 2 saturated heterocycles. The van der Waals surface area contributed by atoms with Crippen LogP contribution in [-0.4, -0.2) is 71.0 Å². The van der Waals surface area contributed by atoms with Gasteiger partial charge in [0.25, 0.3) is 11.5 Å². The summed E-state index contributed by atoms with van der Waals surface area (Å²) in [6, 6.07) is 12.1. The minimum absolute atomic E-state index is 0.223. The first-order chi connectivity index (χ1) is 18.0. The van der Waals surface area contributed by atoms with Crippen LogP contribution in [0, 0.1) is 5.82 Å². The van der Waals surface area contributed by atoms with E-state index in [2.05, 4.69) is 0 Å². The number of hydrogen-bond donors (Lipinski definition) is 0. The summed E-state index contributed by atoms with van der Waals surface area (Å²) in [6.07, 6.45) is 3.94. The van der Waals surface area contributed by atoms with Crippen LogP contribution >= 0.6 is 24.0 Å². The fourth-order valence-corrected chi connectivity index (χ4v) is 5.81. The van der Waals surface area contributed by atoms with E-state index >= 15 is 0 Å². The number of para-hydroxylation sites is 1. The van der Waals surface area contributed by atoms with E-state index in [1.54, 1.807) is 48.5 Å². The maximum Gasteiger partial charge on any atom is 0.267 e. The summed E-state index contributed by atoms with van der Waals surface area (Å²) in [6.45, 7) is 3.20. The highest BCUT2D eigenvalue weighted by Crippen LogP contribution is 2.34. The quantitative estimate of drug-likeness (QED) is 0.257. The van der Waals surface area contributed by atoms with Crippen molar-refractivity contribution >= 4 is 57.4 Å². The van der Waals surface area contributed by atoms with E-state index in [1.165, 1.54) is 22.2 Å². The average molecular weight is 540 g/mol. The van der Waals surface area contributed by atoms with Gasteiger partial charge in [-0.25, -0.2) is 9.37 Å². The van der Waals surface area contributed by atoms with Gasteiger partial charge in [0.15, 0.2) is 0 Å². The molecular formula is C26H26FN5O3S2. The topological polar surface area (TPSA) is 70.4 Å². The molecule has 2 fully saturated rings. The van der Waals surface area contributed by atoms with Crippen molar-refractivity contribution in [2.75, 3.05) is 56.2 Å². The molecule has 2 aliphatic rings. The summed E-state index contributed by atoms with van der Waals surface area (Å²) >= 11 is 6.63. The summed E-state index contributed by atoms with van der Waals surface area (Å²) in [5.41, 5.74) is 1.15. The number of ether oxygens (including phenoxy) is 1. The highest BCUT2D eigenvalue weighted by molar-refractivity contribution is 8.26. The Kier molecular flexibility index (Phi) is 7.54. The lowest BCUT2D eigenvalue weighted by atomic mass is 10.2. The Morgan fingerprint density at radius 1 is 1.08 bits per heavy atom. The molecule has 4 heterocycles. The third kappa shape index (κ3) is 5.11. The van der Waals surface area contributed by atoms with Gasteiger partial charge < -0.3 is 14.5 Å². The number of carbonyl (C=O) groups excluding carboxylic acids is 1. The van der Waals surface area contributed by atoms with Crippen molar-refractivity contribution in [1.82, 2.24) is 14.3 Å². The Hall–Kier alpha value is -3.28. The molecule has 0 atom stereocenters. The second-order valence-electron chi connectivity index (χ2n) is 8.69. The van der Waals surface area contributed by atoms with Crippen LogP contribution in [0.15, 0.2) is 58.4 Å². The predicted octanol–water partition coefficient (Wildman–Crippen LogP) is 3.40. The number of piperazine rings is 1. The zero-order valence-corrected chi connectivity index (χ0v) is 21.9. The van der Waals surface area contributed by atoms with Gasteiger partial charge >= 0.3 is 0 Å². The minimum Gasteiger partial charge on any atom is -0.385 e. The highest BCUT2D eigenvalue weighted by atomic mass is 32.2. The zero-order valence-electron chi connectivity index (χ0n) is 20.3. The normalized spacial score (nSPS) is 17.5. The summed E-state index contributed by atoms with van der Waals surface area (Å²) in [5, 5.41) is 0. The largest absolute Gasteiger partial charge is 0.385 e. The second-order valence-corrected chi connectivity index (χ2v) is 10.4. The molecule has 192 valence electrons. The Bertz CT molecular complexity index is 1440. The number of nitrogens with zero attached hydrogens (tertiary/aromatic N) is 5. The number of anilines is 2. The number of thiocarbonyl (C=S) groups is 1. The van der Waals surface area contributed by atoms with Gasteiger partial charge in [0.2, 0.25) is 0 Å². The van der Waals surface area contributed by atoms with Crippen molar-refractivity contribution in [2.45, 2.75) is 6.42 Å². The number of hydrogen-bond acceptors (Lipinski definition) is 8. The lowest BCUT2D eigenvalue weighted by molar-refractivity contribution is -0.122. The van der Waals surface area contributed by atoms with E-state index in [0.29, 0.717) is 77.7 Å². The molecule has 0 bridgehead atoms. The van der Waals surface area contributed by atoms with E-state index in [4.69, 9.17) is 21.9 Å². The molecule has 0 spiro atoms. The number of rotatable bonds is 7. The number of methoxy groups -OCH3 is 1. The van der Waals surface area contributed by atoms with Crippen LogP contribution in [-0.2, 0) is 9.53 Å². The monoisotopic (exact) mass is 539 g/mol. The highest BCUT2D eigenvalue weighted by Gasteiger charge is 2.33. The standard InChI is InChI=1S/C26H26FN5O3S2/c1-35-16-6-11-32-25(34)21(37-26(32)36)17-18-23(28-22-9-4-5-10-31(22)24(18)33)30-14-12-29(13-15-30)20-8-3-2-7-19(20)27/h2-5,7-10,17H,6,11-16H2,1H3/b21-17-.